The Labute approximate surface area is 159 Å². The van der Waals surface area contributed by atoms with Crippen molar-refractivity contribution in [3.8, 4) is 5.75 Å². The molecule has 27 heavy (non-hydrogen) atoms. The fourth-order valence-corrected chi connectivity index (χ4v) is 2.99. The summed E-state index contributed by atoms with van der Waals surface area (Å²) in [6, 6.07) is 4.87. The minimum Gasteiger partial charge on any atom is -0.490 e. The third-order valence-corrected chi connectivity index (χ3v) is 4.30. The van der Waals surface area contributed by atoms with Crippen molar-refractivity contribution in [3.63, 3.8) is 0 Å². The Hall–Kier alpha value is -2.35. The summed E-state index contributed by atoms with van der Waals surface area (Å²) in [5.41, 5.74) is 0.286. The molecule has 0 amide bonds. The molecule has 0 N–H and O–H groups in total. The minimum atomic E-state index is -0.611. The van der Waals surface area contributed by atoms with E-state index in [0.717, 1.165) is 31.6 Å². The van der Waals surface area contributed by atoms with Gasteiger partial charge >= 0.3 is 11.7 Å². The number of esters is 1. The number of ether oxygens (including phenoxy) is 3. The normalized spacial score (nSPS) is 16.7. The molecule has 1 atom stereocenters. The maximum absolute atomic E-state index is 12.0. The number of benzene rings is 1. The highest BCUT2D eigenvalue weighted by molar-refractivity contribution is 5.74. The van der Waals surface area contributed by atoms with Crippen molar-refractivity contribution in [1.82, 2.24) is 0 Å². The van der Waals surface area contributed by atoms with Crippen molar-refractivity contribution < 1.29 is 23.9 Å². The smallest absolute Gasteiger partial charge is 0.335 e. The molecule has 1 saturated heterocycles. The molecule has 1 aromatic rings. The Kier molecular flexibility index (Phi) is 6.64. The number of nitro benzene ring substituents is 1. The van der Waals surface area contributed by atoms with Gasteiger partial charge < -0.3 is 19.1 Å². The van der Waals surface area contributed by atoms with Gasteiger partial charge in [-0.2, -0.15) is 0 Å². The van der Waals surface area contributed by atoms with Crippen LogP contribution >= 0.6 is 0 Å². The predicted molar refractivity (Wildman–Crippen MR) is 101 cm³/mol. The first-order valence-electron chi connectivity index (χ1n) is 9.06. The number of hydrogen-bond donors (Lipinski definition) is 0. The fourth-order valence-electron chi connectivity index (χ4n) is 2.99. The van der Waals surface area contributed by atoms with E-state index >= 15 is 0 Å². The third-order valence-electron chi connectivity index (χ3n) is 4.30. The molecule has 1 aliphatic heterocycles. The second-order valence-electron chi connectivity index (χ2n) is 7.61. The highest BCUT2D eigenvalue weighted by Crippen LogP contribution is 2.32. The van der Waals surface area contributed by atoms with Crippen LogP contribution in [0.1, 0.15) is 40.5 Å². The molecule has 1 aromatic carbocycles. The second-order valence-corrected chi connectivity index (χ2v) is 7.61. The van der Waals surface area contributed by atoms with Crippen molar-refractivity contribution in [1.29, 1.82) is 0 Å². The van der Waals surface area contributed by atoms with Gasteiger partial charge in [0, 0.05) is 30.9 Å². The SMILES string of the molecule is COc1cc(N2CCC(OC(C)C(=O)OC(C)(C)C)CC2)ccc1[N+](=O)[O-]. The minimum absolute atomic E-state index is 0.0243. The lowest BCUT2D eigenvalue weighted by Crippen LogP contribution is -2.40. The molecule has 0 saturated carbocycles. The Morgan fingerprint density at radius 3 is 2.44 bits per heavy atom. The van der Waals surface area contributed by atoms with Crippen molar-refractivity contribution in [3.05, 3.63) is 28.3 Å². The average Bonchev–Trinajstić information content (AvgIpc) is 2.60. The molecular formula is C19H28N2O6. The van der Waals surface area contributed by atoms with Gasteiger partial charge in [-0.15, -0.1) is 0 Å². The van der Waals surface area contributed by atoms with Crippen LogP contribution < -0.4 is 9.64 Å². The van der Waals surface area contributed by atoms with Gasteiger partial charge in [-0.25, -0.2) is 4.79 Å². The molecule has 2 rings (SSSR count). The largest absolute Gasteiger partial charge is 0.490 e. The number of nitrogens with zero attached hydrogens (tertiary/aromatic N) is 2. The summed E-state index contributed by atoms with van der Waals surface area (Å²) < 4.78 is 16.3. The van der Waals surface area contributed by atoms with Crippen LogP contribution in [-0.4, -0.2) is 48.9 Å². The van der Waals surface area contributed by atoms with Gasteiger partial charge in [0.2, 0.25) is 0 Å². The maximum Gasteiger partial charge on any atom is 0.335 e. The molecule has 0 spiro atoms. The van der Waals surface area contributed by atoms with Crippen molar-refractivity contribution >= 4 is 17.3 Å². The molecule has 8 nitrogen and oxygen atoms in total. The van der Waals surface area contributed by atoms with E-state index in [-0.39, 0.29) is 23.5 Å². The van der Waals surface area contributed by atoms with Crippen LogP contribution in [0.15, 0.2) is 18.2 Å². The van der Waals surface area contributed by atoms with Crippen molar-refractivity contribution in [2.75, 3.05) is 25.1 Å². The van der Waals surface area contributed by atoms with E-state index in [4.69, 9.17) is 14.2 Å². The Bertz CT molecular complexity index is 677. The van der Waals surface area contributed by atoms with E-state index in [2.05, 4.69) is 4.90 Å². The van der Waals surface area contributed by atoms with Crippen LogP contribution in [0, 0.1) is 10.1 Å². The number of carbonyl (C=O) groups excluding carboxylic acids is 1. The van der Waals surface area contributed by atoms with E-state index in [0.29, 0.717) is 0 Å². The summed E-state index contributed by atoms with van der Waals surface area (Å²) in [6.45, 7) is 8.65. The number of anilines is 1. The lowest BCUT2D eigenvalue weighted by Gasteiger charge is -2.34. The van der Waals surface area contributed by atoms with Gasteiger partial charge in [-0.05, 0) is 46.6 Å². The van der Waals surface area contributed by atoms with E-state index in [1.165, 1.54) is 13.2 Å². The molecule has 1 fully saturated rings. The first-order valence-corrected chi connectivity index (χ1v) is 9.06. The zero-order chi connectivity index (χ0) is 20.2. The highest BCUT2D eigenvalue weighted by atomic mass is 16.6. The van der Waals surface area contributed by atoms with E-state index in [9.17, 15) is 14.9 Å². The summed E-state index contributed by atoms with van der Waals surface area (Å²) in [5.74, 6) is -0.112. The summed E-state index contributed by atoms with van der Waals surface area (Å²) in [4.78, 5) is 24.7. The molecule has 0 aliphatic carbocycles. The first kappa shape index (κ1) is 21.0. The summed E-state index contributed by atoms with van der Waals surface area (Å²) in [5, 5.41) is 11.0. The van der Waals surface area contributed by atoms with Gasteiger partial charge in [-0.1, -0.05) is 0 Å². The molecule has 0 bridgehead atoms. The quantitative estimate of drug-likeness (QED) is 0.425. The molecule has 1 unspecified atom stereocenters. The van der Waals surface area contributed by atoms with Crippen LogP contribution in [0.2, 0.25) is 0 Å². The van der Waals surface area contributed by atoms with Crippen LogP contribution in [0.4, 0.5) is 11.4 Å². The highest BCUT2D eigenvalue weighted by Gasteiger charge is 2.28. The van der Waals surface area contributed by atoms with Crippen LogP contribution in [0.25, 0.3) is 0 Å². The Balaban J connectivity index is 1.92. The lowest BCUT2D eigenvalue weighted by molar-refractivity contribution is -0.385. The zero-order valence-corrected chi connectivity index (χ0v) is 16.6. The zero-order valence-electron chi connectivity index (χ0n) is 16.6. The number of piperidine rings is 1. The van der Waals surface area contributed by atoms with Crippen molar-refractivity contribution in [2.24, 2.45) is 0 Å². The Morgan fingerprint density at radius 2 is 1.93 bits per heavy atom. The van der Waals surface area contributed by atoms with E-state index in [1.54, 1.807) is 19.1 Å². The lowest BCUT2D eigenvalue weighted by atomic mass is 10.1. The van der Waals surface area contributed by atoms with Crippen LogP contribution in [0.5, 0.6) is 5.75 Å². The summed E-state index contributed by atoms with van der Waals surface area (Å²) in [6.07, 6.45) is 0.878. The summed E-state index contributed by atoms with van der Waals surface area (Å²) in [7, 11) is 1.42. The third kappa shape index (κ3) is 5.82. The standard InChI is InChI=1S/C19H28N2O6/c1-13(18(22)27-19(2,3)4)26-15-8-10-20(11-9-15)14-6-7-16(21(23)24)17(12-14)25-5/h6-7,12-13,15H,8-11H2,1-5H3. The van der Waals surface area contributed by atoms with Crippen LogP contribution in [-0.2, 0) is 14.3 Å². The maximum atomic E-state index is 12.0. The second kappa shape index (κ2) is 8.56. The molecule has 8 heteroatoms. The van der Waals surface area contributed by atoms with Crippen LogP contribution in [0.3, 0.4) is 0 Å². The van der Waals surface area contributed by atoms with Crippen molar-refractivity contribution in [2.45, 2.75) is 58.3 Å². The Morgan fingerprint density at radius 1 is 1.30 bits per heavy atom. The molecular weight excluding hydrogens is 352 g/mol. The predicted octanol–water partition coefficient (Wildman–Crippen LogP) is 3.32. The molecule has 0 radical (unpaired) electrons. The van der Waals surface area contributed by atoms with E-state index < -0.39 is 16.6 Å². The van der Waals surface area contributed by atoms with Gasteiger partial charge in [0.25, 0.3) is 0 Å². The monoisotopic (exact) mass is 380 g/mol. The fraction of sp³-hybridized carbons (Fsp3) is 0.632. The number of carbonyl (C=O) groups is 1. The number of rotatable bonds is 6. The molecule has 0 aromatic heterocycles. The topological polar surface area (TPSA) is 91.1 Å². The number of nitro groups is 1. The molecule has 1 aliphatic rings. The van der Waals surface area contributed by atoms with Gasteiger partial charge in [0.15, 0.2) is 11.9 Å². The average molecular weight is 380 g/mol. The van der Waals surface area contributed by atoms with Gasteiger partial charge in [0.1, 0.15) is 5.60 Å². The molecule has 150 valence electrons. The molecule has 1 heterocycles. The number of methoxy groups -OCH3 is 1. The first-order chi connectivity index (χ1) is 12.6. The van der Waals surface area contributed by atoms with Gasteiger partial charge in [-0.3, -0.25) is 10.1 Å². The number of hydrogen-bond acceptors (Lipinski definition) is 7. The van der Waals surface area contributed by atoms with Gasteiger partial charge in [0.05, 0.1) is 18.1 Å². The van der Waals surface area contributed by atoms with E-state index in [1.807, 2.05) is 20.8 Å². The summed E-state index contributed by atoms with van der Waals surface area (Å²) >= 11 is 0.